The Morgan fingerprint density at radius 3 is 1.93 bits per heavy atom. The zero-order chi connectivity index (χ0) is 57.0. The quantitative estimate of drug-likeness (QED) is 0.0577. The number of carboxylic acids is 1. The topological polar surface area (TPSA) is 291 Å². The standard InChI is InChI=1S/C54H90N10O12/c1-13-34(6)49(62(10)46(69)31-57-53(72)48(33(4)5)61(8)9)41(75-11)28-45(68)64-24-14-15-40(64)50(76-12)35(7)51(70)59-39(29-55)27-36-16-18-38(19-17-36)58-43(66)30-56-52(71)47(32(2)3)60-42(65)20-21-44(67)63-25-22-37(23-26-63)54(73)74/h16-19,32-35,37,39-41,47-50H,13-15,20-31,55H2,1-12H3,(H,56,71)(H,57,72)(H,58,66)(H,59,70)(H,60,65)(H,73,74)/t34-,35+,39-,40-,41+,47?,48?,49-,50+/m0/s1. The second-order valence-electron chi connectivity index (χ2n) is 21.4. The summed E-state index contributed by atoms with van der Waals surface area (Å²) in [6.45, 7) is 13.8. The number of likely N-dealkylation sites (N-methyl/N-ethyl adjacent to an activating group) is 2. The molecule has 0 spiro atoms. The lowest BCUT2D eigenvalue weighted by atomic mass is 9.90. The van der Waals surface area contributed by atoms with Crippen LogP contribution in [0.1, 0.15) is 105 Å². The molecule has 428 valence electrons. The number of hydrogen-bond donors (Lipinski definition) is 7. The fraction of sp³-hybridized carbons (Fsp3) is 0.722. The second-order valence-corrected chi connectivity index (χ2v) is 21.4. The summed E-state index contributed by atoms with van der Waals surface area (Å²) in [5.74, 6) is -5.21. The van der Waals surface area contributed by atoms with Gasteiger partial charge in [-0.1, -0.05) is 67.0 Å². The van der Waals surface area contributed by atoms with Gasteiger partial charge in [-0.3, -0.25) is 48.1 Å². The molecule has 0 aliphatic carbocycles. The number of nitrogens with one attached hydrogen (secondary N) is 5. The van der Waals surface area contributed by atoms with Crippen molar-refractivity contribution in [2.75, 3.05) is 79.9 Å². The average Bonchev–Trinajstić information content (AvgIpc) is 3.87. The summed E-state index contributed by atoms with van der Waals surface area (Å²) in [5.41, 5.74) is 7.46. The summed E-state index contributed by atoms with van der Waals surface area (Å²) in [4.78, 5) is 124. The van der Waals surface area contributed by atoms with Gasteiger partial charge in [0.15, 0.2) is 0 Å². The summed E-state index contributed by atoms with van der Waals surface area (Å²) >= 11 is 0. The van der Waals surface area contributed by atoms with Gasteiger partial charge in [-0.2, -0.15) is 0 Å². The Hall–Kier alpha value is -5.71. The molecule has 1 aromatic rings. The molecule has 0 bridgehead atoms. The molecule has 2 aliphatic heterocycles. The molecule has 2 saturated heterocycles. The van der Waals surface area contributed by atoms with E-state index < -0.39 is 77.9 Å². The molecular formula is C54H90N10O12. The molecule has 2 fully saturated rings. The minimum absolute atomic E-state index is 0.0127. The summed E-state index contributed by atoms with van der Waals surface area (Å²) in [6, 6.07) is 4.27. The van der Waals surface area contributed by atoms with Crippen LogP contribution in [0.5, 0.6) is 0 Å². The van der Waals surface area contributed by atoms with Crippen molar-refractivity contribution in [1.82, 2.24) is 40.9 Å². The molecular weight excluding hydrogens is 981 g/mol. The van der Waals surface area contributed by atoms with Crippen LogP contribution in [-0.2, 0) is 59.0 Å². The molecule has 9 atom stereocenters. The van der Waals surface area contributed by atoms with Crippen molar-refractivity contribution in [2.24, 2.45) is 35.3 Å². The number of piperidine rings is 1. The van der Waals surface area contributed by atoms with Gasteiger partial charge < -0.3 is 61.6 Å². The van der Waals surface area contributed by atoms with Crippen LogP contribution in [0.3, 0.4) is 0 Å². The zero-order valence-corrected chi connectivity index (χ0v) is 47.1. The van der Waals surface area contributed by atoms with Gasteiger partial charge >= 0.3 is 5.97 Å². The van der Waals surface area contributed by atoms with Gasteiger partial charge in [0.05, 0.1) is 61.7 Å². The fourth-order valence-corrected chi connectivity index (χ4v) is 10.4. The number of hydrogen-bond acceptors (Lipinski definition) is 13. The van der Waals surface area contributed by atoms with E-state index in [4.69, 9.17) is 15.2 Å². The molecule has 3 rings (SSSR count). The molecule has 2 unspecified atom stereocenters. The van der Waals surface area contributed by atoms with Gasteiger partial charge in [0.2, 0.25) is 47.3 Å². The number of methoxy groups -OCH3 is 2. The number of anilines is 1. The first-order chi connectivity index (χ1) is 35.9. The number of rotatable bonds is 30. The Balaban J connectivity index is 1.54. The molecule has 2 aliphatic rings. The Morgan fingerprint density at radius 2 is 1.39 bits per heavy atom. The minimum atomic E-state index is -0.955. The largest absolute Gasteiger partial charge is 0.481 e. The van der Waals surface area contributed by atoms with Crippen LogP contribution in [0.25, 0.3) is 0 Å². The summed E-state index contributed by atoms with van der Waals surface area (Å²) in [6.07, 6.45) is 1.59. The lowest BCUT2D eigenvalue weighted by molar-refractivity contribution is -0.146. The number of amides is 8. The van der Waals surface area contributed by atoms with E-state index in [0.717, 1.165) is 5.56 Å². The number of nitrogens with two attached hydrogens (primary N) is 1. The number of likely N-dealkylation sites (tertiary alicyclic amines) is 2. The van der Waals surface area contributed by atoms with Crippen LogP contribution in [0.2, 0.25) is 0 Å². The molecule has 1 aromatic carbocycles. The zero-order valence-electron chi connectivity index (χ0n) is 47.1. The Bertz CT molecular complexity index is 2090. The van der Waals surface area contributed by atoms with Crippen LogP contribution < -0.4 is 32.3 Å². The number of aliphatic carboxylic acids is 1. The van der Waals surface area contributed by atoms with E-state index in [0.29, 0.717) is 63.8 Å². The highest BCUT2D eigenvalue weighted by Crippen LogP contribution is 2.30. The van der Waals surface area contributed by atoms with Gasteiger partial charge in [-0.05, 0) is 81.6 Å². The summed E-state index contributed by atoms with van der Waals surface area (Å²) in [5, 5.41) is 23.0. The predicted molar refractivity (Wildman–Crippen MR) is 287 cm³/mol. The SMILES string of the molecule is CC[C@H](C)[C@@H]([C@@H](CC(=O)N1CCC[C@H]1[C@H](OC)[C@@H](C)C(=O)N[C@H](CN)Cc1ccc(NC(=O)CNC(=O)C(NC(=O)CCC(=O)N2CCC(C(=O)O)CC2)C(C)C)cc1)OC)N(C)C(=O)CNC(=O)C(C(C)C)N(C)C. The van der Waals surface area contributed by atoms with E-state index >= 15 is 0 Å². The van der Waals surface area contributed by atoms with Crippen molar-refractivity contribution >= 4 is 58.9 Å². The van der Waals surface area contributed by atoms with E-state index in [-0.39, 0.29) is 86.2 Å². The maximum Gasteiger partial charge on any atom is 0.306 e. The molecule has 76 heavy (non-hydrogen) atoms. The van der Waals surface area contributed by atoms with Gasteiger partial charge in [0, 0.05) is 72.0 Å². The van der Waals surface area contributed by atoms with Crippen LogP contribution in [-0.4, -0.2) is 195 Å². The molecule has 8 N–H and O–H groups in total. The maximum absolute atomic E-state index is 14.2. The molecule has 22 heteroatoms. The van der Waals surface area contributed by atoms with Gasteiger partial charge in [0.1, 0.15) is 6.04 Å². The van der Waals surface area contributed by atoms with Gasteiger partial charge in [-0.25, -0.2) is 0 Å². The Morgan fingerprint density at radius 1 is 0.763 bits per heavy atom. The molecule has 0 aromatic heterocycles. The molecule has 0 saturated carbocycles. The monoisotopic (exact) mass is 1070 g/mol. The highest BCUT2D eigenvalue weighted by Gasteiger charge is 2.42. The van der Waals surface area contributed by atoms with Crippen LogP contribution in [0, 0.1) is 29.6 Å². The molecule has 8 amide bonds. The Kier molecular flexibility index (Phi) is 26.8. The van der Waals surface area contributed by atoms with Crippen LogP contribution >= 0.6 is 0 Å². The molecule has 2 heterocycles. The van der Waals surface area contributed by atoms with Crippen molar-refractivity contribution in [3.05, 3.63) is 29.8 Å². The number of carboxylic acid groups (broad SMARTS) is 1. The second kappa shape index (κ2) is 31.5. The number of carbonyl (C=O) groups excluding carboxylic acids is 8. The smallest absolute Gasteiger partial charge is 0.306 e. The summed E-state index contributed by atoms with van der Waals surface area (Å²) in [7, 11) is 8.38. The third-order valence-corrected chi connectivity index (χ3v) is 15.0. The molecule has 0 radical (unpaired) electrons. The third kappa shape index (κ3) is 19.1. The van der Waals surface area contributed by atoms with E-state index in [1.807, 2.05) is 46.7 Å². The van der Waals surface area contributed by atoms with Crippen molar-refractivity contribution in [1.29, 1.82) is 0 Å². The van der Waals surface area contributed by atoms with Gasteiger partial charge in [0.25, 0.3) is 0 Å². The third-order valence-electron chi connectivity index (χ3n) is 15.0. The highest BCUT2D eigenvalue weighted by atomic mass is 16.5. The van der Waals surface area contributed by atoms with E-state index in [1.165, 1.54) is 14.2 Å². The van der Waals surface area contributed by atoms with E-state index in [1.54, 1.807) is 66.8 Å². The summed E-state index contributed by atoms with van der Waals surface area (Å²) < 4.78 is 11.9. The minimum Gasteiger partial charge on any atom is -0.481 e. The van der Waals surface area contributed by atoms with Crippen molar-refractivity contribution in [2.45, 2.75) is 149 Å². The predicted octanol–water partition coefficient (Wildman–Crippen LogP) is 1.59. The Labute approximate surface area is 450 Å². The number of carbonyl (C=O) groups is 9. The lowest BCUT2D eigenvalue weighted by Gasteiger charge is -2.39. The van der Waals surface area contributed by atoms with E-state index in [2.05, 4.69) is 26.6 Å². The van der Waals surface area contributed by atoms with Crippen molar-refractivity contribution in [3.8, 4) is 0 Å². The number of benzene rings is 1. The number of ether oxygens (including phenoxy) is 2. The van der Waals surface area contributed by atoms with Crippen molar-refractivity contribution < 1.29 is 57.7 Å². The van der Waals surface area contributed by atoms with Gasteiger partial charge in [-0.15, -0.1) is 0 Å². The number of nitrogens with zero attached hydrogens (tertiary/aromatic N) is 4. The first kappa shape index (κ1) is 64.6. The average molecular weight is 1070 g/mol. The first-order valence-electron chi connectivity index (χ1n) is 26.9. The van der Waals surface area contributed by atoms with Crippen molar-refractivity contribution in [3.63, 3.8) is 0 Å². The van der Waals surface area contributed by atoms with Crippen LogP contribution in [0.4, 0.5) is 5.69 Å². The van der Waals surface area contributed by atoms with Crippen LogP contribution in [0.15, 0.2) is 24.3 Å². The lowest BCUT2D eigenvalue weighted by Crippen LogP contribution is -2.55. The fourth-order valence-electron chi connectivity index (χ4n) is 10.4. The van der Waals surface area contributed by atoms with E-state index in [9.17, 15) is 48.3 Å². The molecule has 22 nitrogen and oxygen atoms in total. The first-order valence-corrected chi connectivity index (χ1v) is 26.9. The highest BCUT2D eigenvalue weighted by molar-refractivity contribution is 5.96. The maximum atomic E-state index is 14.2. The normalized spacial score (nSPS) is 18.2.